The van der Waals surface area contributed by atoms with Crippen LogP contribution in [-0.4, -0.2) is 259 Å². The van der Waals surface area contributed by atoms with Crippen LogP contribution in [0.25, 0.3) is 0 Å². The number of urea groups is 1. The molecule has 0 saturated heterocycles. The number of quaternary nitrogens is 2. The highest BCUT2D eigenvalue weighted by Crippen LogP contribution is 2.41. The molecule has 0 fully saturated rings. The number of carboxylic acid groups (broad SMARTS) is 2. The van der Waals surface area contributed by atoms with Crippen LogP contribution in [0, 0.1) is 0 Å². The predicted octanol–water partition coefficient (Wildman–Crippen LogP) is 6.11. The van der Waals surface area contributed by atoms with Crippen molar-refractivity contribution in [2.45, 2.75) is 136 Å². The second-order valence-corrected chi connectivity index (χ2v) is 38.7. The van der Waals surface area contributed by atoms with E-state index in [1.54, 1.807) is 72.8 Å². The van der Waals surface area contributed by atoms with E-state index in [0.717, 1.165) is 121 Å². The molecule has 6 aromatic rings. The summed E-state index contributed by atoms with van der Waals surface area (Å²) in [6.07, 6.45) is -1.22. The number of aliphatic carboxylic acids is 2. The molecule has 3 aliphatic heterocycles. The van der Waals surface area contributed by atoms with Gasteiger partial charge in [-0.1, -0.05) is 120 Å². The average molecular weight is 2100 g/mol. The molecule has 0 bridgehead atoms. The molecule has 46 heteroatoms. The van der Waals surface area contributed by atoms with E-state index < -0.39 is 54.0 Å². The number of isocyanates is 2. The third-order valence-electron chi connectivity index (χ3n) is 19.9. The van der Waals surface area contributed by atoms with Crippen molar-refractivity contribution in [3.63, 3.8) is 0 Å². The number of alkyl halides is 6. The Balaban J connectivity index is 0.000000824. The molecule has 2 amide bonds. The summed E-state index contributed by atoms with van der Waals surface area (Å²) in [6.45, 7) is 11.1. The van der Waals surface area contributed by atoms with Gasteiger partial charge in [-0.2, -0.15) is 26.3 Å². The molecular formula is C87H115Cl8F6N9O20S3. The van der Waals surface area contributed by atoms with Gasteiger partial charge in [-0.25, -0.2) is 63.9 Å². The first-order chi connectivity index (χ1) is 61.6. The number of ether oxygens (including phenoxy) is 6. The molecule has 29 nitrogen and oxygen atoms in total. The number of benzene rings is 6. The summed E-state index contributed by atoms with van der Waals surface area (Å²) in [5.74, 6) is -5.44. The molecule has 744 valence electrons. The fourth-order valence-corrected chi connectivity index (χ4v) is 19.3. The number of halogens is 14. The van der Waals surface area contributed by atoms with Crippen LogP contribution in [0.5, 0.6) is 0 Å². The normalized spacial score (nSPS) is 15.6. The molecule has 5 atom stereocenters. The highest BCUT2D eigenvalue weighted by atomic mass is 35.5. The van der Waals surface area contributed by atoms with Crippen molar-refractivity contribution in [3.05, 3.63) is 189 Å². The standard InChI is InChI=1S/C53H69Cl4N5O10S2.C23H30Cl2N2O4S.C6H8N2O2.2C2HF3O2.CH4.2ClH/c1-61-34-47(45-30-40(54)32-51(56)49(45)36-61)38-10-6-14-43(28-38)73(65,66)27-9-20-70-24-25-71-21-17-59-53(64)58-16-5-3-4-12-42(63)13-8-19-69-23-26-72-22-18-60-74(67,68)44-15-7-11-39(29-44)48-35-62(2)37-50-46(48)31-41(55)33-52(50)57;1-27-15-21(20-13-18(24)14-23(25)22(20)16-27)17-4-2-5-19(12-17)32(28,29)11-3-7-30-9-10-31-8-6-26;9-5-7-3-1-2-4-8-6-10;2*3-2(4,5)1(6)7;;;/h6-7,10-11,14-15,28-33,47-48,60H,3-5,8-9,12-13,16-27,34-37H2,1-2H3,(H2,58,59,64);2,4-5,12-14,21H,3,6-11,15-16,26H2,1H3;1-4H2;2*(H,6,7);1H4;2*1H/t47-,48-;21-;;;;;;/m00....../s1. The number of sulfonamides is 1. The molecule has 9 rings (SSSR count). The van der Waals surface area contributed by atoms with E-state index in [4.69, 9.17) is 124 Å². The Kier molecular flexibility index (Phi) is 58.6. The minimum atomic E-state index is -5.08. The summed E-state index contributed by atoms with van der Waals surface area (Å²) in [7, 11) is -4.51. The van der Waals surface area contributed by atoms with Gasteiger partial charge >= 0.3 is 30.3 Å². The number of carbonyl (C=O) groups excluding carboxylic acids is 4. The quantitative estimate of drug-likeness (QED) is 0.00923. The van der Waals surface area contributed by atoms with Crippen LogP contribution in [-0.2, 0) is 102 Å². The molecule has 0 saturated carbocycles. The molecule has 0 aromatic heterocycles. The Bertz CT molecular complexity index is 4850. The number of likely N-dealkylation sites (N-methyl/N-ethyl adjacent to an activating group) is 3. The van der Waals surface area contributed by atoms with Crippen LogP contribution in [0.15, 0.2) is 134 Å². The van der Waals surface area contributed by atoms with E-state index in [2.05, 4.69) is 44.3 Å². The van der Waals surface area contributed by atoms with Crippen LogP contribution in [0.1, 0.15) is 139 Å². The summed E-state index contributed by atoms with van der Waals surface area (Å²) in [5.41, 5.74) is 14.3. The molecule has 2 unspecified atom stereocenters. The van der Waals surface area contributed by atoms with Gasteiger partial charge in [0.05, 0.1) is 148 Å². The van der Waals surface area contributed by atoms with E-state index in [9.17, 15) is 70.8 Å². The number of fused-ring (bicyclic) bond motifs is 3. The highest BCUT2D eigenvalue weighted by Gasteiger charge is 2.40. The molecule has 3 heterocycles. The Morgan fingerprint density at radius 2 is 0.857 bits per heavy atom. The summed E-state index contributed by atoms with van der Waals surface area (Å²) in [6, 6.07) is 32.1. The number of Topliss-reactive ketones (excluding diaryl/α,β-unsaturated/α-hetero) is 1. The Labute approximate surface area is 815 Å². The molecule has 0 spiro atoms. The average Bonchev–Trinajstić information content (AvgIpc) is 0.780. The lowest BCUT2D eigenvalue weighted by Gasteiger charge is -2.33. The summed E-state index contributed by atoms with van der Waals surface area (Å²) < 4.78 is 178. The number of hydrogen-bond donors (Lipinski definition) is 8. The molecule has 133 heavy (non-hydrogen) atoms. The van der Waals surface area contributed by atoms with Gasteiger partial charge in [-0.15, -0.1) is 0 Å². The molecule has 3 aliphatic rings. The lowest BCUT2D eigenvalue weighted by Crippen LogP contribution is -3.09. The van der Waals surface area contributed by atoms with Gasteiger partial charge in [0.25, 0.3) is 0 Å². The van der Waals surface area contributed by atoms with Crippen LogP contribution >= 0.6 is 69.6 Å². The lowest BCUT2D eigenvalue weighted by molar-refractivity contribution is -0.897. The number of hydrogen-bond acceptors (Lipinski definition) is 22. The van der Waals surface area contributed by atoms with Gasteiger partial charge in [-0.05, 0) is 164 Å². The van der Waals surface area contributed by atoms with Gasteiger partial charge in [0.2, 0.25) is 22.2 Å². The van der Waals surface area contributed by atoms with Crippen LogP contribution in [0.3, 0.4) is 0 Å². The fraction of sp³-hybridized carbons (Fsp3) is 0.517. The number of nitrogens with two attached hydrogens (primary N) is 1. The SMILES string of the molecule is C.CN1Cc2c(Cl)cc(Cl)cc2[C@H](c2cccc(S(=O)(=O)CCCOCCOCCN)c2)C1.C[NH+]1Cc2c(Cl)cc(Cl)cc2[C@H](c2cccc(S(=O)(=O)CCCOCCOCCNC(=O)NCCCCCC(=O)CCCOCCOCCNS(=O)(=O)c3cccc([C@@H]4C[NH+](C)Cc5c(Cl)cc(Cl)cc54)c3)c2)C1.O=C(O)C(F)(F)F.O=C(O)C(F)(F)F.O=C=NCCCCN=C=O.[Cl-].[Cl-]. The van der Waals surface area contributed by atoms with Crippen molar-refractivity contribution in [3.8, 4) is 0 Å². The topological polar surface area (TPSA) is 400 Å². The minimum absolute atomic E-state index is 0. The maximum absolute atomic E-state index is 13.3. The van der Waals surface area contributed by atoms with Crippen LogP contribution in [0.2, 0.25) is 30.1 Å². The number of ketones is 1. The van der Waals surface area contributed by atoms with Gasteiger partial charge in [0.15, 0.2) is 19.7 Å². The first-order valence-electron chi connectivity index (χ1n) is 41.5. The fourth-order valence-electron chi connectivity index (χ4n) is 13.8. The van der Waals surface area contributed by atoms with Crippen molar-refractivity contribution in [2.24, 2.45) is 15.7 Å². The second-order valence-electron chi connectivity index (χ2n) is 30.2. The van der Waals surface area contributed by atoms with Gasteiger partial charge in [0.1, 0.15) is 18.9 Å². The van der Waals surface area contributed by atoms with E-state index >= 15 is 0 Å². The van der Waals surface area contributed by atoms with E-state index in [-0.39, 0.29) is 103 Å². The largest absolute Gasteiger partial charge is 1.00 e. The zero-order valence-corrected chi connectivity index (χ0v) is 81.3. The van der Waals surface area contributed by atoms with Crippen molar-refractivity contribution in [1.29, 1.82) is 0 Å². The maximum atomic E-state index is 13.3. The molecule has 0 radical (unpaired) electrons. The summed E-state index contributed by atoms with van der Waals surface area (Å²) in [5, 5.41) is 23.4. The molecule has 6 aromatic carbocycles. The number of nitrogens with one attached hydrogen (secondary N) is 5. The molecule has 0 aliphatic carbocycles. The third-order valence-corrected chi connectivity index (χ3v) is 26.6. The Hall–Kier alpha value is -6.73. The monoisotopic (exact) mass is 2100 g/mol. The number of sulfone groups is 2. The van der Waals surface area contributed by atoms with Crippen LogP contribution in [0.4, 0.5) is 31.1 Å². The zero-order valence-electron chi connectivity index (χ0n) is 72.8. The lowest BCUT2D eigenvalue weighted by atomic mass is 9.85. The Morgan fingerprint density at radius 1 is 0.489 bits per heavy atom. The number of carbonyl (C=O) groups is 4. The predicted molar refractivity (Wildman–Crippen MR) is 487 cm³/mol. The highest BCUT2D eigenvalue weighted by molar-refractivity contribution is 7.91. The maximum Gasteiger partial charge on any atom is 0.490 e. The number of aliphatic imine (C=N–C) groups is 2. The summed E-state index contributed by atoms with van der Waals surface area (Å²) >= 11 is 38.5. The number of unbranched alkanes of at least 4 members (excludes halogenated alkanes) is 3. The first-order valence-corrected chi connectivity index (χ1v) is 48.5. The number of carboxylic acids is 2. The van der Waals surface area contributed by atoms with Crippen molar-refractivity contribution in [2.75, 3.05) is 171 Å². The number of rotatable bonds is 47. The smallest absolute Gasteiger partial charge is 0.490 e. The van der Waals surface area contributed by atoms with Crippen LogP contribution < -0.4 is 55.7 Å². The summed E-state index contributed by atoms with van der Waals surface area (Å²) in [4.78, 5) is 73.5. The van der Waals surface area contributed by atoms with E-state index in [1.165, 1.54) is 22.0 Å². The van der Waals surface area contributed by atoms with Crippen molar-refractivity contribution in [1.82, 2.24) is 20.3 Å². The zero-order chi connectivity index (χ0) is 96.0. The first kappa shape index (κ1) is 122. The van der Waals surface area contributed by atoms with Gasteiger partial charge < -0.3 is 94.5 Å². The van der Waals surface area contributed by atoms with Gasteiger partial charge in [-0.3, -0.25) is 4.79 Å². The van der Waals surface area contributed by atoms with Gasteiger partial charge in [0, 0.05) is 109 Å². The Morgan fingerprint density at radius 3 is 1.29 bits per heavy atom. The third kappa shape index (κ3) is 45.6. The molecule has 9 N–H and O–H groups in total. The molecular weight excluding hydrogens is 1980 g/mol. The second kappa shape index (κ2) is 63.7. The van der Waals surface area contributed by atoms with E-state index in [0.29, 0.717) is 166 Å². The van der Waals surface area contributed by atoms with E-state index in [1.807, 2.05) is 43.4 Å². The van der Waals surface area contributed by atoms with Crippen molar-refractivity contribution >= 4 is 135 Å². The van der Waals surface area contributed by atoms with Crippen molar-refractivity contribution < 1.29 is 154 Å². The minimum Gasteiger partial charge on any atom is -1.00 e. The number of amides is 2. The number of nitrogens with zero attached hydrogens (tertiary/aromatic N) is 3.